The average molecular weight is 337 g/mol. The van der Waals surface area contributed by atoms with Crippen LogP contribution in [0.5, 0.6) is 0 Å². The van der Waals surface area contributed by atoms with Crippen LogP contribution in [0.3, 0.4) is 0 Å². The fourth-order valence-electron chi connectivity index (χ4n) is 2.30. The van der Waals surface area contributed by atoms with Crippen molar-refractivity contribution in [3.8, 4) is 0 Å². The van der Waals surface area contributed by atoms with Crippen LogP contribution in [0.2, 0.25) is 0 Å². The zero-order valence-corrected chi connectivity index (χ0v) is 13.0. The summed E-state index contributed by atoms with van der Waals surface area (Å²) in [5.41, 5.74) is 0. The van der Waals surface area contributed by atoms with Crippen LogP contribution in [0.1, 0.15) is 19.2 Å². The molecule has 2 aromatic rings. The first-order chi connectivity index (χ1) is 9.79. The molecule has 106 valence electrons. The van der Waals surface area contributed by atoms with E-state index in [1.165, 1.54) is 0 Å². The topological polar surface area (TPSA) is 58.9 Å². The second kappa shape index (κ2) is 5.78. The Labute approximate surface area is 126 Å². The minimum Gasteiger partial charge on any atom is -0.369 e. The SMILES string of the molecule is CCCNc1ncnc(N2CCn3ccnc3C2)c1Br. The number of nitrogens with zero attached hydrogens (tertiary/aromatic N) is 5. The van der Waals surface area contributed by atoms with Crippen LogP contribution in [0.25, 0.3) is 0 Å². The Hall–Kier alpha value is -1.63. The van der Waals surface area contributed by atoms with E-state index in [-0.39, 0.29) is 0 Å². The monoisotopic (exact) mass is 336 g/mol. The first-order valence-electron chi connectivity index (χ1n) is 6.79. The number of halogens is 1. The van der Waals surface area contributed by atoms with Gasteiger partial charge in [-0.25, -0.2) is 15.0 Å². The van der Waals surface area contributed by atoms with Gasteiger partial charge in [0, 0.05) is 32.0 Å². The molecule has 1 aliphatic rings. The van der Waals surface area contributed by atoms with Crippen molar-refractivity contribution in [2.75, 3.05) is 23.3 Å². The number of anilines is 2. The summed E-state index contributed by atoms with van der Waals surface area (Å²) in [5, 5.41) is 3.31. The van der Waals surface area contributed by atoms with Gasteiger partial charge in [-0.15, -0.1) is 0 Å². The Bertz CT molecular complexity index is 596. The van der Waals surface area contributed by atoms with Crippen molar-refractivity contribution in [3.05, 3.63) is 29.0 Å². The third-order valence-electron chi connectivity index (χ3n) is 3.36. The molecule has 20 heavy (non-hydrogen) atoms. The maximum absolute atomic E-state index is 4.42. The molecular weight excluding hydrogens is 320 g/mol. The number of nitrogens with one attached hydrogen (secondary N) is 1. The van der Waals surface area contributed by atoms with E-state index in [0.717, 1.165) is 54.5 Å². The van der Waals surface area contributed by atoms with Gasteiger partial charge in [-0.05, 0) is 22.4 Å². The van der Waals surface area contributed by atoms with Gasteiger partial charge in [-0.2, -0.15) is 0 Å². The number of hydrogen-bond donors (Lipinski definition) is 1. The number of hydrogen-bond acceptors (Lipinski definition) is 5. The van der Waals surface area contributed by atoms with E-state index in [4.69, 9.17) is 0 Å². The predicted molar refractivity (Wildman–Crippen MR) is 81.8 cm³/mol. The maximum atomic E-state index is 4.42. The van der Waals surface area contributed by atoms with E-state index in [2.05, 4.69) is 52.6 Å². The molecule has 0 bridgehead atoms. The molecule has 6 nitrogen and oxygen atoms in total. The highest BCUT2D eigenvalue weighted by Crippen LogP contribution is 2.31. The third kappa shape index (κ3) is 2.49. The van der Waals surface area contributed by atoms with Crippen molar-refractivity contribution in [2.24, 2.45) is 0 Å². The molecule has 0 aliphatic carbocycles. The number of aromatic nitrogens is 4. The number of imidazole rings is 1. The van der Waals surface area contributed by atoms with Gasteiger partial charge in [0.15, 0.2) is 0 Å². The predicted octanol–water partition coefficient (Wildman–Crippen LogP) is 2.28. The second-order valence-corrected chi connectivity index (χ2v) is 5.54. The molecule has 1 N–H and O–H groups in total. The highest BCUT2D eigenvalue weighted by Gasteiger charge is 2.21. The lowest BCUT2D eigenvalue weighted by Crippen LogP contribution is -2.34. The lowest BCUT2D eigenvalue weighted by molar-refractivity contribution is 0.555. The van der Waals surface area contributed by atoms with Gasteiger partial charge in [0.05, 0.1) is 6.54 Å². The highest BCUT2D eigenvalue weighted by atomic mass is 79.9. The molecule has 3 rings (SSSR count). The second-order valence-electron chi connectivity index (χ2n) is 4.75. The highest BCUT2D eigenvalue weighted by molar-refractivity contribution is 9.10. The van der Waals surface area contributed by atoms with Gasteiger partial charge in [0.25, 0.3) is 0 Å². The van der Waals surface area contributed by atoms with Crippen LogP contribution in [0, 0.1) is 0 Å². The summed E-state index contributed by atoms with van der Waals surface area (Å²) in [7, 11) is 0. The minimum absolute atomic E-state index is 0.774. The number of fused-ring (bicyclic) bond motifs is 1. The first-order valence-corrected chi connectivity index (χ1v) is 7.58. The van der Waals surface area contributed by atoms with Gasteiger partial charge >= 0.3 is 0 Å². The van der Waals surface area contributed by atoms with E-state index in [1.54, 1.807) is 6.33 Å². The van der Waals surface area contributed by atoms with Crippen molar-refractivity contribution < 1.29 is 0 Å². The molecular formula is C13H17BrN6. The molecule has 3 heterocycles. The molecule has 0 atom stereocenters. The first kappa shape index (κ1) is 13.4. The summed E-state index contributed by atoms with van der Waals surface area (Å²) in [6, 6.07) is 0. The lowest BCUT2D eigenvalue weighted by atomic mass is 10.3. The Morgan fingerprint density at radius 2 is 2.20 bits per heavy atom. The zero-order valence-electron chi connectivity index (χ0n) is 11.4. The Morgan fingerprint density at radius 3 is 3.05 bits per heavy atom. The molecule has 7 heteroatoms. The van der Waals surface area contributed by atoms with Crippen LogP contribution in [0.4, 0.5) is 11.6 Å². The van der Waals surface area contributed by atoms with Gasteiger partial charge < -0.3 is 14.8 Å². The molecule has 0 fully saturated rings. The van der Waals surface area contributed by atoms with E-state index < -0.39 is 0 Å². The Balaban J connectivity index is 1.84. The summed E-state index contributed by atoms with van der Waals surface area (Å²) < 4.78 is 3.11. The van der Waals surface area contributed by atoms with Gasteiger partial charge in [0.2, 0.25) is 0 Å². The van der Waals surface area contributed by atoms with Crippen molar-refractivity contribution in [3.63, 3.8) is 0 Å². The maximum Gasteiger partial charge on any atom is 0.149 e. The molecule has 2 aromatic heterocycles. The largest absolute Gasteiger partial charge is 0.369 e. The van der Waals surface area contributed by atoms with Crippen molar-refractivity contribution in [1.82, 2.24) is 19.5 Å². The average Bonchev–Trinajstić information content (AvgIpc) is 2.93. The van der Waals surface area contributed by atoms with Crippen molar-refractivity contribution in [2.45, 2.75) is 26.4 Å². The van der Waals surface area contributed by atoms with Crippen molar-refractivity contribution >= 4 is 27.6 Å². The van der Waals surface area contributed by atoms with Crippen LogP contribution < -0.4 is 10.2 Å². The molecule has 0 unspecified atom stereocenters. The normalized spacial score (nSPS) is 14.2. The summed E-state index contributed by atoms with van der Waals surface area (Å²) in [5.74, 6) is 2.85. The quantitative estimate of drug-likeness (QED) is 0.928. The van der Waals surface area contributed by atoms with Gasteiger partial charge in [-0.1, -0.05) is 6.92 Å². The Morgan fingerprint density at radius 1 is 1.30 bits per heavy atom. The standard InChI is InChI=1S/C13H17BrN6/c1-2-3-16-12-11(14)13(18-9-17-12)20-7-6-19-5-4-15-10(19)8-20/h4-5,9H,2-3,6-8H2,1H3,(H,16,17,18). The van der Waals surface area contributed by atoms with Crippen LogP contribution in [-0.2, 0) is 13.1 Å². The minimum atomic E-state index is 0.774. The summed E-state index contributed by atoms with van der Waals surface area (Å²) >= 11 is 3.62. The van der Waals surface area contributed by atoms with E-state index in [0.29, 0.717) is 0 Å². The summed E-state index contributed by atoms with van der Waals surface area (Å²) in [6.45, 7) is 5.67. The molecule has 0 aromatic carbocycles. The van der Waals surface area contributed by atoms with E-state index >= 15 is 0 Å². The fraction of sp³-hybridized carbons (Fsp3) is 0.462. The van der Waals surface area contributed by atoms with Gasteiger partial charge in [-0.3, -0.25) is 0 Å². The smallest absolute Gasteiger partial charge is 0.149 e. The lowest BCUT2D eigenvalue weighted by Gasteiger charge is -2.29. The molecule has 0 radical (unpaired) electrons. The third-order valence-corrected chi connectivity index (χ3v) is 4.09. The van der Waals surface area contributed by atoms with E-state index in [1.807, 2.05) is 12.4 Å². The van der Waals surface area contributed by atoms with E-state index in [9.17, 15) is 0 Å². The molecule has 0 amide bonds. The summed E-state index contributed by atoms with van der Waals surface area (Å²) in [4.78, 5) is 15.3. The molecule has 1 aliphatic heterocycles. The Kier molecular flexibility index (Phi) is 3.86. The zero-order chi connectivity index (χ0) is 13.9. The fourth-order valence-corrected chi connectivity index (χ4v) is 2.90. The summed E-state index contributed by atoms with van der Waals surface area (Å²) in [6.07, 6.45) is 6.55. The molecule has 0 saturated carbocycles. The van der Waals surface area contributed by atoms with Crippen LogP contribution in [-0.4, -0.2) is 32.6 Å². The van der Waals surface area contributed by atoms with Crippen LogP contribution >= 0.6 is 15.9 Å². The molecule has 0 saturated heterocycles. The molecule has 0 spiro atoms. The van der Waals surface area contributed by atoms with Crippen LogP contribution in [0.15, 0.2) is 23.2 Å². The van der Waals surface area contributed by atoms with Crippen molar-refractivity contribution in [1.29, 1.82) is 0 Å². The number of rotatable bonds is 4. The van der Waals surface area contributed by atoms with Gasteiger partial charge in [0.1, 0.15) is 28.3 Å².